The van der Waals surface area contributed by atoms with Crippen molar-refractivity contribution >= 4 is 33.5 Å². The van der Waals surface area contributed by atoms with Gasteiger partial charge in [-0.15, -0.1) is 0 Å². The second-order valence-electron chi connectivity index (χ2n) is 8.55. The zero-order valence-electron chi connectivity index (χ0n) is 20.7. The number of oxazole rings is 1. The lowest BCUT2D eigenvalue weighted by Gasteiger charge is -2.22. The summed E-state index contributed by atoms with van der Waals surface area (Å²) >= 11 is 5.96. The van der Waals surface area contributed by atoms with Crippen molar-refractivity contribution in [3.05, 3.63) is 100 Å². The van der Waals surface area contributed by atoms with Gasteiger partial charge >= 0.3 is 16.2 Å². The number of anilines is 1. The van der Waals surface area contributed by atoms with Gasteiger partial charge in [0.1, 0.15) is 30.4 Å². The fourth-order valence-electron chi connectivity index (χ4n) is 3.68. The minimum Gasteiger partial charge on any atom is -0.487 e. The maximum Gasteiger partial charge on any atom is 0.318 e. The van der Waals surface area contributed by atoms with E-state index in [0.29, 0.717) is 44.9 Å². The number of hydrogen-bond acceptors (Lipinski definition) is 6. The Morgan fingerprint density at radius 2 is 1.84 bits per heavy atom. The number of rotatable bonds is 11. The Bertz CT molecular complexity index is 1540. The number of aryl methyl sites for hydroxylation is 2. The van der Waals surface area contributed by atoms with Crippen LogP contribution in [-0.2, 0) is 28.2 Å². The molecule has 198 valence electrons. The predicted molar refractivity (Wildman–Crippen MR) is 144 cm³/mol. The number of ether oxygens (including phenoxy) is 1. The van der Waals surface area contributed by atoms with Crippen molar-refractivity contribution in [3.63, 3.8) is 0 Å². The van der Waals surface area contributed by atoms with Crippen LogP contribution in [0, 0.1) is 13.8 Å². The van der Waals surface area contributed by atoms with Crippen molar-refractivity contribution in [1.82, 2.24) is 9.29 Å². The van der Waals surface area contributed by atoms with Gasteiger partial charge in [0.05, 0.1) is 5.69 Å². The molecule has 1 aromatic heterocycles. The summed E-state index contributed by atoms with van der Waals surface area (Å²) in [7, 11) is -4.21. The molecule has 0 radical (unpaired) electrons. The van der Waals surface area contributed by atoms with E-state index in [1.807, 2.05) is 30.3 Å². The summed E-state index contributed by atoms with van der Waals surface area (Å²) in [6, 6.07) is 21.0. The molecule has 1 heterocycles. The highest BCUT2D eigenvalue weighted by molar-refractivity contribution is 7.90. The van der Waals surface area contributed by atoms with E-state index in [2.05, 4.69) is 9.71 Å². The van der Waals surface area contributed by atoms with Crippen molar-refractivity contribution in [3.8, 4) is 17.2 Å². The van der Waals surface area contributed by atoms with Crippen molar-refractivity contribution in [1.29, 1.82) is 0 Å². The molecule has 11 heteroatoms. The SMILES string of the molecule is Cc1cc(Cl)ccc1NS(=O)(=O)N(CC(=O)O)Cc1cccc(OCc2nc(-c3ccccc3)oc2C)c1. The predicted octanol–water partition coefficient (Wildman–Crippen LogP) is 5.43. The third-order valence-electron chi connectivity index (χ3n) is 5.63. The topological polar surface area (TPSA) is 122 Å². The fraction of sp³-hybridized carbons (Fsp3) is 0.185. The number of halogens is 1. The van der Waals surface area contributed by atoms with Crippen LogP contribution in [0.15, 0.2) is 77.2 Å². The Morgan fingerprint density at radius 1 is 1.08 bits per heavy atom. The van der Waals surface area contributed by atoms with Crippen molar-refractivity contribution in [2.24, 2.45) is 0 Å². The summed E-state index contributed by atoms with van der Waals surface area (Å²) < 4.78 is 41.2. The largest absolute Gasteiger partial charge is 0.487 e. The van der Waals surface area contributed by atoms with Crippen LogP contribution in [0.4, 0.5) is 5.69 Å². The van der Waals surface area contributed by atoms with E-state index in [4.69, 9.17) is 20.8 Å². The molecule has 0 aliphatic carbocycles. The minimum atomic E-state index is -4.21. The third kappa shape index (κ3) is 6.91. The maximum absolute atomic E-state index is 13.1. The van der Waals surface area contributed by atoms with Gasteiger partial charge in [-0.05, 0) is 67.4 Å². The summed E-state index contributed by atoms with van der Waals surface area (Å²) in [6.45, 7) is 2.73. The quantitative estimate of drug-likeness (QED) is 0.253. The van der Waals surface area contributed by atoms with Crippen LogP contribution >= 0.6 is 11.6 Å². The summed E-state index contributed by atoms with van der Waals surface area (Å²) in [6.07, 6.45) is 0. The highest BCUT2D eigenvalue weighted by Crippen LogP contribution is 2.25. The smallest absolute Gasteiger partial charge is 0.318 e. The first-order chi connectivity index (χ1) is 18.1. The Kier molecular flexibility index (Phi) is 8.35. The molecule has 0 amide bonds. The van der Waals surface area contributed by atoms with E-state index in [-0.39, 0.29) is 13.2 Å². The van der Waals surface area contributed by atoms with Crippen LogP contribution in [0.3, 0.4) is 0 Å². The number of carboxylic acid groups (broad SMARTS) is 1. The van der Waals surface area contributed by atoms with Gasteiger partial charge in [-0.25, -0.2) is 4.98 Å². The molecule has 3 aromatic carbocycles. The molecule has 0 atom stereocenters. The normalized spacial score (nSPS) is 11.5. The zero-order chi connectivity index (χ0) is 27.3. The highest BCUT2D eigenvalue weighted by Gasteiger charge is 2.25. The van der Waals surface area contributed by atoms with E-state index in [1.54, 1.807) is 50.2 Å². The van der Waals surface area contributed by atoms with Gasteiger partial charge in [0, 0.05) is 17.1 Å². The van der Waals surface area contributed by atoms with Crippen LogP contribution in [0.25, 0.3) is 11.5 Å². The van der Waals surface area contributed by atoms with Crippen LogP contribution in [0.5, 0.6) is 5.75 Å². The lowest BCUT2D eigenvalue weighted by atomic mass is 10.2. The second kappa shape index (κ2) is 11.7. The molecule has 4 rings (SSSR count). The summed E-state index contributed by atoms with van der Waals surface area (Å²) in [5.41, 5.74) is 2.94. The lowest BCUT2D eigenvalue weighted by molar-refractivity contribution is -0.137. The maximum atomic E-state index is 13.1. The molecular formula is C27H26ClN3O6S. The molecule has 0 saturated heterocycles. The Morgan fingerprint density at radius 3 is 2.55 bits per heavy atom. The van der Waals surface area contributed by atoms with E-state index >= 15 is 0 Å². The first-order valence-corrected chi connectivity index (χ1v) is 13.4. The minimum absolute atomic E-state index is 0.139. The molecule has 0 aliphatic rings. The van der Waals surface area contributed by atoms with Gasteiger partial charge in [-0.3, -0.25) is 9.52 Å². The number of nitrogens with zero attached hydrogens (tertiary/aromatic N) is 2. The van der Waals surface area contributed by atoms with E-state index in [0.717, 1.165) is 9.87 Å². The fourth-order valence-corrected chi connectivity index (χ4v) is 5.14. The number of nitrogens with one attached hydrogen (secondary N) is 1. The Hall–Kier alpha value is -3.86. The number of hydrogen-bond donors (Lipinski definition) is 2. The molecule has 4 aromatic rings. The van der Waals surface area contributed by atoms with Crippen molar-refractivity contribution in [2.75, 3.05) is 11.3 Å². The first kappa shape index (κ1) is 27.2. The van der Waals surface area contributed by atoms with Crippen molar-refractivity contribution in [2.45, 2.75) is 27.0 Å². The molecular weight excluding hydrogens is 530 g/mol. The molecule has 0 spiro atoms. The molecule has 0 aliphatic heterocycles. The van der Waals surface area contributed by atoms with Gasteiger partial charge in [-0.1, -0.05) is 41.9 Å². The highest BCUT2D eigenvalue weighted by atomic mass is 35.5. The standard InChI is InChI=1S/C27H26ClN3O6S/c1-18-13-22(28)11-12-24(18)30-38(34,35)31(16-26(32)33)15-20-7-6-10-23(14-20)36-17-25-19(2)37-27(29-25)21-8-4-3-5-9-21/h3-14,30H,15-17H2,1-2H3,(H,32,33). The number of carbonyl (C=O) groups is 1. The lowest BCUT2D eigenvalue weighted by Crippen LogP contribution is -2.39. The Labute approximate surface area is 225 Å². The zero-order valence-corrected chi connectivity index (χ0v) is 22.3. The summed E-state index contributed by atoms with van der Waals surface area (Å²) in [5, 5.41) is 9.83. The van der Waals surface area contributed by atoms with E-state index in [1.165, 1.54) is 6.07 Å². The molecule has 38 heavy (non-hydrogen) atoms. The monoisotopic (exact) mass is 555 g/mol. The molecule has 0 fully saturated rings. The number of aliphatic carboxylic acids is 1. The van der Waals surface area contributed by atoms with Crippen LogP contribution in [-0.4, -0.2) is 35.3 Å². The molecule has 9 nitrogen and oxygen atoms in total. The van der Waals surface area contributed by atoms with Crippen LogP contribution < -0.4 is 9.46 Å². The van der Waals surface area contributed by atoms with Gasteiger partial charge in [0.25, 0.3) is 0 Å². The third-order valence-corrected chi connectivity index (χ3v) is 7.28. The first-order valence-electron chi connectivity index (χ1n) is 11.6. The number of carboxylic acids is 1. The number of benzene rings is 3. The molecule has 2 N–H and O–H groups in total. The van der Waals surface area contributed by atoms with Crippen molar-refractivity contribution < 1.29 is 27.5 Å². The Balaban J connectivity index is 1.48. The van der Waals surface area contributed by atoms with Gasteiger partial charge in [0.2, 0.25) is 5.89 Å². The van der Waals surface area contributed by atoms with E-state index in [9.17, 15) is 18.3 Å². The van der Waals surface area contributed by atoms with Gasteiger partial charge in [0.15, 0.2) is 0 Å². The average Bonchev–Trinajstić information content (AvgIpc) is 3.25. The van der Waals surface area contributed by atoms with Crippen LogP contribution in [0.2, 0.25) is 5.02 Å². The van der Waals surface area contributed by atoms with E-state index < -0.39 is 22.7 Å². The van der Waals surface area contributed by atoms with Gasteiger partial charge in [-0.2, -0.15) is 12.7 Å². The molecule has 0 bridgehead atoms. The van der Waals surface area contributed by atoms with Crippen LogP contribution in [0.1, 0.15) is 22.6 Å². The summed E-state index contributed by atoms with van der Waals surface area (Å²) in [5.74, 6) is 0.308. The molecule has 0 saturated carbocycles. The summed E-state index contributed by atoms with van der Waals surface area (Å²) in [4.78, 5) is 16.0. The van der Waals surface area contributed by atoms with Gasteiger partial charge < -0.3 is 14.3 Å². The molecule has 0 unspecified atom stereocenters. The average molecular weight is 556 g/mol. The number of aromatic nitrogens is 1. The second-order valence-corrected chi connectivity index (χ2v) is 10.7.